The minimum absolute atomic E-state index is 0.205. The lowest BCUT2D eigenvalue weighted by Gasteiger charge is -2.11. The number of rotatable bonds is 4. The van der Waals surface area contributed by atoms with E-state index in [1.165, 1.54) is 0 Å². The van der Waals surface area contributed by atoms with E-state index >= 15 is 0 Å². The van der Waals surface area contributed by atoms with Crippen molar-refractivity contribution in [3.63, 3.8) is 0 Å². The number of hydrogen-bond donors (Lipinski definition) is 2. The maximum Gasteiger partial charge on any atom is 0.241 e. The van der Waals surface area contributed by atoms with Gasteiger partial charge < -0.3 is 15.6 Å². The van der Waals surface area contributed by atoms with Crippen molar-refractivity contribution in [1.29, 1.82) is 0 Å². The van der Waals surface area contributed by atoms with Crippen molar-refractivity contribution < 1.29 is 9.32 Å². The van der Waals surface area contributed by atoms with E-state index in [2.05, 4.69) is 15.5 Å². The zero-order valence-corrected chi connectivity index (χ0v) is 9.96. The normalized spacial score (nSPS) is 12.1. The Morgan fingerprint density at radius 3 is 2.78 bits per heavy atom. The molecule has 2 aromatic rings. The maximum atomic E-state index is 11.8. The van der Waals surface area contributed by atoms with E-state index in [9.17, 15) is 4.79 Å². The minimum Gasteiger partial charge on any atom is -0.347 e. The Morgan fingerprint density at radius 1 is 1.44 bits per heavy atom. The van der Waals surface area contributed by atoms with Crippen LogP contribution in [0.4, 0.5) is 0 Å². The minimum atomic E-state index is -0.695. The quantitative estimate of drug-likeness (QED) is 0.827. The van der Waals surface area contributed by atoms with E-state index < -0.39 is 6.04 Å². The van der Waals surface area contributed by atoms with Gasteiger partial charge in [0.05, 0.1) is 6.54 Å². The molecule has 6 nitrogen and oxygen atoms in total. The van der Waals surface area contributed by atoms with Crippen molar-refractivity contribution >= 4 is 5.91 Å². The molecule has 94 valence electrons. The Balaban J connectivity index is 1.92. The third kappa shape index (κ3) is 2.92. The maximum absolute atomic E-state index is 11.8. The Labute approximate surface area is 104 Å². The van der Waals surface area contributed by atoms with Gasteiger partial charge in [0.25, 0.3) is 0 Å². The molecular formula is C12H14N4O2. The monoisotopic (exact) mass is 246 g/mol. The standard InChI is InChI=1S/C12H14N4O2/c1-8-15-10(16-18-8)7-14-12(17)11(13)9-5-3-2-4-6-9/h2-6,11H,7,13H2,1H3,(H,14,17). The molecule has 0 saturated heterocycles. The Kier molecular flexibility index (Phi) is 3.69. The van der Waals surface area contributed by atoms with Crippen molar-refractivity contribution in [2.24, 2.45) is 5.73 Å². The van der Waals surface area contributed by atoms with Crippen LogP contribution in [0.3, 0.4) is 0 Å². The summed E-state index contributed by atoms with van der Waals surface area (Å²) in [7, 11) is 0. The lowest BCUT2D eigenvalue weighted by atomic mass is 10.1. The molecule has 0 bridgehead atoms. The second-order valence-corrected chi connectivity index (χ2v) is 3.84. The first-order valence-corrected chi connectivity index (χ1v) is 5.54. The fourth-order valence-electron chi connectivity index (χ4n) is 1.50. The molecule has 0 aliphatic carbocycles. The number of nitrogens with zero attached hydrogens (tertiary/aromatic N) is 2. The fourth-order valence-corrected chi connectivity index (χ4v) is 1.50. The van der Waals surface area contributed by atoms with Crippen LogP contribution in [-0.2, 0) is 11.3 Å². The van der Waals surface area contributed by atoms with E-state index in [1.807, 2.05) is 30.3 Å². The van der Waals surface area contributed by atoms with Crippen molar-refractivity contribution in [3.8, 4) is 0 Å². The summed E-state index contributed by atoms with van der Waals surface area (Å²) in [6.07, 6.45) is 0. The van der Waals surface area contributed by atoms with Gasteiger partial charge in [0.2, 0.25) is 11.8 Å². The Hall–Kier alpha value is -2.21. The van der Waals surface area contributed by atoms with Gasteiger partial charge in [-0.05, 0) is 5.56 Å². The second-order valence-electron chi connectivity index (χ2n) is 3.84. The van der Waals surface area contributed by atoms with Crippen LogP contribution in [0.5, 0.6) is 0 Å². The van der Waals surface area contributed by atoms with Gasteiger partial charge in [0, 0.05) is 6.92 Å². The molecule has 0 spiro atoms. The van der Waals surface area contributed by atoms with E-state index in [0.717, 1.165) is 5.56 Å². The number of aromatic nitrogens is 2. The van der Waals surface area contributed by atoms with E-state index in [4.69, 9.17) is 10.3 Å². The first-order valence-electron chi connectivity index (χ1n) is 5.54. The van der Waals surface area contributed by atoms with Gasteiger partial charge in [-0.2, -0.15) is 4.98 Å². The molecule has 2 rings (SSSR count). The van der Waals surface area contributed by atoms with Crippen LogP contribution in [0.2, 0.25) is 0 Å². The summed E-state index contributed by atoms with van der Waals surface area (Å²) in [5.41, 5.74) is 6.59. The molecule has 0 aliphatic heterocycles. The molecule has 0 saturated carbocycles. The van der Waals surface area contributed by atoms with Gasteiger partial charge in [-0.3, -0.25) is 4.79 Å². The smallest absolute Gasteiger partial charge is 0.241 e. The number of nitrogens with one attached hydrogen (secondary N) is 1. The summed E-state index contributed by atoms with van der Waals surface area (Å²) in [6.45, 7) is 1.89. The highest BCUT2D eigenvalue weighted by atomic mass is 16.5. The molecule has 0 fully saturated rings. The van der Waals surface area contributed by atoms with Crippen molar-refractivity contribution in [2.75, 3.05) is 0 Å². The number of hydrogen-bond acceptors (Lipinski definition) is 5. The van der Waals surface area contributed by atoms with Gasteiger partial charge >= 0.3 is 0 Å². The van der Waals surface area contributed by atoms with Crippen LogP contribution in [0.1, 0.15) is 23.3 Å². The summed E-state index contributed by atoms with van der Waals surface area (Å²) in [4.78, 5) is 15.8. The van der Waals surface area contributed by atoms with Crippen LogP contribution in [-0.4, -0.2) is 16.0 Å². The lowest BCUT2D eigenvalue weighted by molar-refractivity contribution is -0.122. The molecule has 1 heterocycles. The largest absolute Gasteiger partial charge is 0.347 e. The topological polar surface area (TPSA) is 94.0 Å². The fraction of sp³-hybridized carbons (Fsp3) is 0.250. The molecule has 0 radical (unpaired) electrons. The van der Waals surface area contributed by atoms with Crippen molar-refractivity contribution in [2.45, 2.75) is 19.5 Å². The van der Waals surface area contributed by atoms with Crippen molar-refractivity contribution in [3.05, 3.63) is 47.6 Å². The average molecular weight is 246 g/mol. The molecule has 3 N–H and O–H groups in total. The van der Waals surface area contributed by atoms with Crippen LogP contribution in [0.25, 0.3) is 0 Å². The van der Waals surface area contributed by atoms with E-state index in [-0.39, 0.29) is 12.5 Å². The summed E-state index contributed by atoms with van der Waals surface area (Å²) in [5.74, 6) is 0.622. The number of carbonyl (C=O) groups is 1. The number of aryl methyl sites for hydroxylation is 1. The molecular weight excluding hydrogens is 232 g/mol. The predicted octanol–water partition coefficient (Wildman–Crippen LogP) is 0.694. The van der Waals surface area contributed by atoms with Gasteiger partial charge in [0.1, 0.15) is 6.04 Å². The average Bonchev–Trinajstić information content (AvgIpc) is 2.82. The number of nitrogens with two attached hydrogens (primary N) is 1. The van der Waals surface area contributed by atoms with Crippen LogP contribution < -0.4 is 11.1 Å². The highest BCUT2D eigenvalue weighted by Gasteiger charge is 2.15. The van der Waals surface area contributed by atoms with Gasteiger partial charge in [-0.25, -0.2) is 0 Å². The highest BCUT2D eigenvalue weighted by molar-refractivity contribution is 5.82. The summed E-state index contributed by atoms with van der Waals surface area (Å²) in [6, 6.07) is 8.47. The third-order valence-electron chi connectivity index (χ3n) is 2.43. The van der Waals surface area contributed by atoms with Crippen LogP contribution in [0, 0.1) is 6.92 Å². The first kappa shape index (κ1) is 12.3. The van der Waals surface area contributed by atoms with Crippen molar-refractivity contribution in [1.82, 2.24) is 15.5 Å². The summed E-state index contributed by atoms with van der Waals surface area (Å²) >= 11 is 0. The molecule has 18 heavy (non-hydrogen) atoms. The zero-order chi connectivity index (χ0) is 13.0. The SMILES string of the molecule is Cc1nc(CNC(=O)C(N)c2ccccc2)no1. The predicted molar refractivity (Wildman–Crippen MR) is 64.3 cm³/mol. The van der Waals surface area contributed by atoms with Gasteiger partial charge in [0.15, 0.2) is 5.82 Å². The van der Waals surface area contributed by atoms with E-state index in [0.29, 0.717) is 11.7 Å². The first-order chi connectivity index (χ1) is 8.66. The second kappa shape index (κ2) is 5.42. The summed E-state index contributed by atoms with van der Waals surface area (Å²) in [5, 5.41) is 6.34. The summed E-state index contributed by atoms with van der Waals surface area (Å²) < 4.78 is 4.80. The highest BCUT2D eigenvalue weighted by Crippen LogP contribution is 2.09. The molecule has 1 unspecified atom stereocenters. The van der Waals surface area contributed by atoms with Crippen LogP contribution in [0.15, 0.2) is 34.9 Å². The molecule has 6 heteroatoms. The molecule has 1 aromatic heterocycles. The zero-order valence-electron chi connectivity index (χ0n) is 9.96. The van der Waals surface area contributed by atoms with Gasteiger partial charge in [-0.1, -0.05) is 35.5 Å². The lowest BCUT2D eigenvalue weighted by Crippen LogP contribution is -2.33. The van der Waals surface area contributed by atoms with Gasteiger partial charge in [-0.15, -0.1) is 0 Å². The number of carbonyl (C=O) groups excluding carboxylic acids is 1. The molecule has 0 aliphatic rings. The van der Waals surface area contributed by atoms with Crippen LogP contribution >= 0.6 is 0 Å². The Bertz CT molecular complexity index is 524. The van der Waals surface area contributed by atoms with E-state index in [1.54, 1.807) is 6.92 Å². The number of amides is 1. The molecule has 1 atom stereocenters. The molecule has 1 amide bonds. The third-order valence-corrected chi connectivity index (χ3v) is 2.43. The number of benzene rings is 1. The Morgan fingerprint density at radius 2 is 2.17 bits per heavy atom. The molecule has 1 aromatic carbocycles.